The Hall–Kier alpha value is -4.49. The normalized spacial score (nSPS) is 13.6. The summed E-state index contributed by atoms with van der Waals surface area (Å²) >= 11 is 5.94. The second kappa shape index (κ2) is 10.1. The molecule has 3 aromatic carbocycles. The third-order valence-electron chi connectivity index (χ3n) is 6.65. The van der Waals surface area contributed by atoms with Crippen molar-refractivity contribution in [3.05, 3.63) is 108 Å². The minimum atomic E-state index is -0.323. The lowest BCUT2D eigenvalue weighted by molar-refractivity contribution is 0.0717. The first-order valence-corrected chi connectivity index (χ1v) is 12.7. The molecule has 1 fully saturated rings. The Balaban J connectivity index is 1.04. The highest BCUT2D eigenvalue weighted by atomic mass is 35.5. The van der Waals surface area contributed by atoms with Crippen molar-refractivity contribution in [1.29, 1.82) is 0 Å². The minimum Gasteiger partial charge on any atom is -0.451 e. The maximum absolute atomic E-state index is 12.9. The van der Waals surface area contributed by atoms with E-state index in [4.69, 9.17) is 20.4 Å². The second-order valence-corrected chi connectivity index (χ2v) is 9.54. The van der Waals surface area contributed by atoms with Crippen molar-refractivity contribution < 1.29 is 18.4 Å². The number of anilines is 2. The minimum absolute atomic E-state index is 0.0870. The summed E-state index contributed by atoms with van der Waals surface area (Å²) in [6.07, 6.45) is 0. The molecule has 0 radical (unpaired) electrons. The van der Waals surface area contributed by atoms with Crippen molar-refractivity contribution in [3.63, 3.8) is 0 Å². The Morgan fingerprint density at radius 3 is 2.24 bits per heavy atom. The number of halogens is 1. The number of carbonyl (C=O) groups is 2. The highest BCUT2D eigenvalue weighted by Gasteiger charge is 2.25. The molecule has 2 aromatic heterocycles. The topological polar surface area (TPSA) is 78.9 Å². The van der Waals surface area contributed by atoms with Gasteiger partial charge in [-0.15, -0.1) is 0 Å². The summed E-state index contributed by atoms with van der Waals surface area (Å²) in [4.78, 5) is 29.7. The number of nitrogens with one attached hydrogen (secondary N) is 1. The quantitative estimate of drug-likeness (QED) is 0.281. The summed E-state index contributed by atoms with van der Waals surface area (Å²) in [7, 11) is 0. The molecular weight excluding hydrogens is 502 g/mol. The van der Waals surface area contributed by atoms with Gasteiger partial charge in [0.15, 0.2) is 11.5 Å². The van der Waals surface area contributed by atoms with Crippen LogP contribution in [0.15, 0.2) is 99.8 Å². The molecule has 0 saturated carbocycles. The summed E-state index contributed by atoms with van der Waals surface area (Å²) in [5, 5.41) is 4.44. The van der Waals surface area contributed by atoms with Crippen LogP contribution in [-0.4, -0.2) is 42.9 Å². The van der Waals surface area contributed by atoms with Crippen LogP contribution in [0.1, 0.15) is 21.1 Å². The lowest BCUT2D eigenvalue weighted by Gasteiger charge is -2.35. The molecule has 8 heteroatoms. The van der Waals surface area contributed by atoms with Crippen LogP contribution >= 0.6 is 11.6 Å². The van der Waals surface area contributed by atoms with Crippen LogP contribution in [0.5, 0.6) is 0 Å². The van der Waals surface area contributed by atoms with Gasteiger partial charge < -0.3 is 24.0 Å². The Morgan fingerprint density at radius 2 is 1.50 bits per heavy atom. The largest absolute Gasteiger partial charge is 0.451 e. The van der Waals surface area contributed by atoms with E-state index in [0.29, 0.717) is 48.4 Å². The number of hydrogen-bond donors (Lipinski definition) is 1. The van der Waals surface area contributed by atoms with Crippen molar-refractivity contribution in [2.75, 3.05) is 36.4 Å². The molecule has 3 heterocycles. The van der Waals surface area contributed by atoms with Gasteiger partial charge in [-0.2, -0.15) is 0 Å². The monoisotopic (exact) mass is 525 g/mol. The van der Waals surface area contributed by atoms with Gasteiger partial charge in [0, 0.05) is 53.5 Å². The van der Waals surface area contributed by atoms with E-state index in [9.17, 15) is 9.59 Å². The molecule has 1 aliphatic rings. The number of rotatable bonds is 5. The number of benzene rings is 3. The Bertz CT molecular complexity index is 1560. The standard InChI is InChI=1S/C30H24ClN3O4/c31-22-7-5-20(6-8-22)26-13-14-27(37-26)29(35)32-23-9-11-24(12-10-23)33-15-17-34(18-16-33)30(36)28-19-21-3-1-2-4-25(21)38-28/h1-14,19H,15-18H2,(H,32,35). The van der Waals surface area contributed by atoms with Gasteiger partial charge >= 0.3 is 0 Å². The smallest absolute Gasteiger partial charge is 0.291 e. The molecule has 0 spiro atoms. The van der Waals surface area contributed by atoms with E-state index in [1.807, 2.05) is 65.6 Å². The van der Waals surface area contributed by atoms with Crippen LogP contribution in [0.4, 0.5) is 11.4 Å². The molecule has 190 valence electrons. The lowest BCUT2D eigenvalue weighted by atomic mass is 10.2. The fourth-order valence-corrected chi connectivity index (χ4v) is 4.71. The molecule has 1 saturated heterocycles. The van der Waals surface area contributed by atoms with Crippen LogP contribution in [0.25, 0.3) is 22.3 Å². The van der Waals surface area contributed by atoms with Crippen LogP contribution < -0.4 is 10.2 Å². The van der Waals surface area contributed by atoms with Gasteiger partial charge in [0.1, 0.15) is 11.3 Å². The van der Waals surface area contributed by atoms with Gasteiger partial charge in [0.2, 0.25) is 0 Å². The Morgan fingerprint density at radius 1 is 0.763 bits per heavy atom. The summed E-state index contributed by atoms with van der Waals surface area (Å²) < 4.78 is 11.5. The lowest BCUT2D eigenvalue weighted by Crippen LogP contribution is -2.48. The van der Waals surface area contributed by atoms with E-state index in [1.54, 1.807) is 30.3 Å². The maximum atomic E-state index is 12.9. The molecular formula is C30H24ClN3O4. The number of para-hydroxylation sites is 1. The van der Waals surface area contributed by atoms with E-state index >= 15 is 0 Å². The first-order chi connectivity index (χ1) is 18.5. The molecule has 38 heavy (non-hydrogen) atoms. The SMILES string of the molecule is O=C(Nc1ccc(N2CCN(C(=O)c3cc4ccccc4o3)CC2)cc1)c1ccc(-c2ccc(Cl)cc2)o1. The molecule has 0 aliphatic carbocycles. The number of piperazine rings is 1. The zero-order valence-electron chi connectivity index (χ0n) is 20.4. The molecule has 1 aliphatic heterocycles. The zero-order valence-corrected chi connectivity index (χ0v) is 21.1. The van der Waals surface area contributed by atoms with Gasteiger partial charge in [0.25, 0.3) is 11.8 Å². The average molecular weight is 526 g/mol. The second-order valence-electron chi connectivity index (χ2n) is 9.10. The van der Waals surface area contributed by atoms with Gasteiger partial charge in [-0.1, -0.05) is 29.8 Å². The first kappa shape index (κ1) is 23.9. The molecule has 0 bridgehead atoms. The van der Waals surface area contributed by atoms with Crippen LogP contribution in [-0.2, 0) is 0 Å². The predicted octanol–water partition coefficient (Wildman–Crippen LogP) is 6.56. The third kappa shape index (κ3) is 4.88. The van der Waals surface area contributed by atoms with E-state index in [-0.39, 0.29) is 17.6 Å². The summed E-state index contributed by atoms with van der Waals surface area (Å²) in [5.41, 5.74) is 3.26. The molecule has 0 atom stereocenters. The average Bonchev–Trinajstić information content (AvgIpc) is 3.62. The van der Waals surface area contributed by atoms with Crippen LogP contribution in [0.2, 0.25) is 5.02 Å². The fraction of sp³-hybridized carbons (Fsp3) is 0.133. The van der Waals surface area contributed by atoms with Crippen LogP contribution in [0.3, 0.4) is 0 Å². The number of carbonyl (C=O) groups excluding carboxylic acids is 2. The van der Waals surface area contributed by atoms with E-state index < -0.39 is 0 Å². The van der Waals surface area contributed by atoms with E-state index in [1.165, 1.54) is 0 Å². The third-order valence-corrected chi connectivity index (χ3v) is 6.90. The maximum Gasteiger partial charge on any atom is 0.291 e. The van der Waals surface area contributed by atoms with Crippen LogP contribution in [0, 0.1) is 0 Å². The van der Waals surface area contributed by atoms with Gasteiger partial charge in [-0.05, 0) is 72.8 Å². The van der Waals surface area contributed by atoms with Gasteiger partial charge in [0.05, 0.1) is 0 Å². The molecule has 6 rings (SSSR count). The van der Waals surface area contributed by atoms with Gasteiger partial charge in [-0.25, -0.2) is 0 Å². The highest BCUT2D eigenvalue weighted by Crippen LogP contribution is 2.26. The number of furan rings is 2. The van der Waals surface area contributed by atoms with Crippen molar-refractivity contribution in [2.24, 2.45) is 0 Å². The number of amides is 2. The number of nitrogens with zero attached hydrogens (tertiary/aromatic N) is 2. The molecule has 7 nitrogen and oxygen atoms in total. The number of hydrogen-bond acceptors (Lipinski definition) is 5. The molecule has 2 amide bonds. The van der Waals surface area contributed by atoms with Crippen molar-refractivity contribution >= 4 is 45.8 Å². The highest BCUT2D eigenvalue weighted by molar-refractivity contribution is 6.30. The molecule has 1 N–H and O–H groups in total. The summed E-state index contributed by atoms with van der Waals surface area (Å²) in [6, 6.07) is 27.7. The Labute approximate surface area is 224 Å². The van der Waals surface area contributed by atoms with Crippen molar-refractivity contribution in [2.45, 2.75) is 0 Å². The predicted molar refractivity (Wildman–Crippen MR) is 148 cm³/mol. The fourth-order valence-electron chi connectivity index (χ4n) is 4.59. The summed E-state index contributed by atoms with van der Waals surface area (Å²) in [6.45, 7) is 2.61. The Kier molecular flexibility index (Phi) is 6.35. The number of fused-ring (bicyclic) bond motifs is 1. The molecule has 5 aromatic rings. The van der Waals surface area contributed by atoms with Gasteiger partial charge in [-0.3, -0.25) is 9.59 Å². The molecule has 0 unspecified atom stereocenters. The first-order valence-electron chi connectivity index (χ1n) is 12.3. The van der Waals surface area contributed by atoms with E-state index in [0.717, 1.165) is 22.2 Å². The van der Waals surface area contributed by atoms with Crippen molar-refractivity contribution in [1.82, 2.24) is 4.90 Å². The summed E-state index contributed by atoms with van der Waals surface area (Å²) in [5.74, 6) is 0.785. The van der Waals surface area contributed by atoms with E-state index in [2.05, 4.69) is 10.2 Å². The van der Waals surface area contributed by atoms with Crippen molar-refractivity contribution in [3.8, 4) is 11.3 Å². The zero-order chi connectivity index (χ0) is 26.1.